The van der Waals surface area contributed by atoms with Crippen LogP contribution in [0.15, 0.2) is 34.9 Å². The summed E-state index contributed by atoms with van der Waals surface area (Å²) in [5.74, 6) is 0.912. The SMILES string of the molecule is CC(C)=CCCC(C)=CCCC1=CCC(C)CC1. The third-order valence-corrected chi connectivity index (χ3v) is 3.82. The van der Waals surface area contributed by atoms with Gasteiger partial charge >= 0.3 is 0 Å². The molecule has 18 heavy (non-hydrogen) atoms. The Kier molecular flexibility index (Phi) is 7.08. The average Bonchev–Trinajstić information content (AvgIpc) is 2.31. The van der Waals surface area contributed by atoms with Gasteiger partial charge in [-0.3, -0.25) is 0 Å². The van der Waals surface area contributed by atoms with Gasteiger partial charge in [0.05, 0.1) is 0 Å². The summed E-state index contributed by atoms with van der Waals surface area (Å²) >= 11 is 0. The molecule has 0 aromatic rings. The van der Waals surface area contributed by atoms with Crippen LogP contribution < -0.4 is 0 Å². The van der Waals surface area contributed by atoms with Crippen molar-refractivity contribution in [3.8, 4) is 0 Å². The lowest BCUT2D eigenvalue weighted by atomic mass is 9.89. The van der Waals surface area contributed by atoms with Crippen molar-refractivity contribution >= 4 is 0 Å². The highest BCUT2D eigenvalue weighted by atomic mass is 14.1. The lowest BCUT2D eigenvalue weighted by Crippen LogP contribution is -2.01. The van der Waals surface area contributed by atoms with Crippen molar-refractivity contribution in [3.63, 3.8) is 0 Å². The molecular formula is C18H30. The smallest absolute Gasteiger partial charge is 0.0285 e. The highest BCUT2D eigenvalue weighted by Gasteiger charge is 2.08. The van der Waals surface area contributed by atoms with Gasteiger partial charge in [0.25, 0.3) is 0 Å². The van der Waals surface area contributed by atoms with E-state index in [-0.39, 0.29) is 0 Å². The Labute approximate surface area is 114 Å². The second-order valence-corrected chi connectivity index (χ2v) is 6.15. The molecule has 1 rings (SSSR count). The van der Waals surface area contributed by atoms with Crippen LogP contribution in [0, 0.1) is 5.92 Å². The molecule has 0 spiro atoms. The Morgan fingerprint density at radius 2 is 2.00 bits per heavy atom. The van der Waals surface area contributed by atoms with Crippen LogP contribution in [0.2, 0.25) is 0 Å². The van der Waals surface area contributed by atoms with E-state index in [0.29, 0.717) is 0 Å². The summed E-state index contributed by atoms with van der Waals surface area (Å²) in [4.78, 5) is 0. The summed E-state index contributed by atoms with van der Waals surface area (Å²) in [6.45, 7) is 8.99. The fraction of sp³-hybridized carbons (Fsp3) is 0.667. The van der Waals surface area contributed by atoms with E-state index in [4.69, 9.17) is 0 Å². The average molecular weight is 246 g/mol. The first-order valence-corrected chi connectivity index (χ1v) is 7.55. The number of rotatable bonds is 6. The maximum absolute atomic E-state index is 2.49. The number of hydrogen-bond donors (Lipinski definition) is 0. The molecule has 1 unspecified atom stereocenters. The van der Waals surface area contributed by atoms with Crippen LogP contribution in [0.1, 0.15) is 72.6 Å². The molecule has 0 nitrogen and oxygen atoms in total. The molecule has 0 saturated carbocycles. The lowest BCUT2D eigenvalue weighted by molar-refractivity contribution is 0.506. The van der Waals surface area contributed by atoms with Crippen molar-refractivity contribution in [3.05, 3.63) is 34.9 Å². The lowest BCUT2D eigenvalue weighted by Gasteiger charge is -2.17. The first-order chi connectivity index (χ1) is 8.58. The van der Waals surface area contributed by atoms with E-state index in [1.807, 2.05) is 0 Å². The molecule has 0 heteroatoms. The van der Waals surface area contributed by atoms with Crippen molar-refractivity contribution in [2.24, 2.45) is 5.92 Å². The maximum atomic E-state index is 2.49. The fourth-order valence-corrected chi connectivity index (χ4v) is 2.44. The zero-order valence-electron chi connectivity index (χ0n) is 12.8. The summed E-state index contributed by atoms with van der Waals surface area (Å²) in [5, 5.41) is 0. The van der Waals surface area contributed by atoms with Crippen LogP contribution in [0.3, 0.4) is 0 Å². The standard InChI is InChI=1S/C18H30/c1-15(2)7-5-8-16(3)9-6-10-18-13-11-17(4)12-14-18/h7,9,13,17H,5-6,8,10-12,14H2,1-4H3. The quantitative estimate of drug-likeness (QED) is 0.489. The molecule has 0 heterocycles. The van der Waals surface area contributed by atoms with Gasteiger partial charge in [-0.25, -0.2) is 0 Å². The van der Waals surface area contributed by atoms with E-state index in [1.54, 1.807) is 11.1 Å². The maximum Gasteiger partial charge on any atom is -0.0285 e. The zero-order chi connectivity index (χ0) is 13.4. The van der Waals surface area contributed by atoms with Gasteiger partial charge in [0.1, 0.15) is 0 Å². The predicted molar refractivity (Wildman–Crippen MR) is 82.8 cm³/mol. The predicted octanol–water partition coefficient (Wildman–Crippen LogP) is 6.21. The minimum absolute atomic E-state index is 0.912. The van der Waals surface area contributed by atoms with Crippen LogP contribution in [0.5, 0.6) is 0 Å². The Morgan fingerprint density at radius 1 is 1.22 bits per heavy atom. The third kappa shape index (κ3) is 6.83. The summed E-state index contributed by atoms with van der Waals surface area (Å²) < 4.78 is 0. The normalized spacial score (nSPS) is 20.6. The highest BCUT2D eigenvalue weighted by Crippen LogP contribution is 2.26. The minimum Gasteiger partial charge on any atom is -0.0856 e. The van der Waals surface area contributed by atoms with Gasteiger partial charge in [0.2, 0.25) is 0 Å². The molecule has 0 fully saturated rings. The van der Waals surface area contributed by atoms with Crippen molar-refractivity contribution in [1.29, 1.82) is 0 Å². The van der Waals surface area contributed by atoms with Crippen molar-refractivity contribution in [2.75, 3.05) is 0 Å². The van der Waals surface area contributed by atoms with Gasteiger partial charge in [-0.15, -0.1) is 0 Å². The van der Waals surface area contributed by atoms with E-state index in [2.05, 4.69) is 45.9 Å². The molecule has 0 amide bonds. The summed E-state index contributed by atoms with van der Waals surface area (Å²) in [6.07, 6.45) is 16.2. The van der Waals surface area contributed by atoms with Crippen LogP contribution >= 0.6 is 0 Å². The molecule has 0 aliphatic heterocycles. The van der Waals surface area contributed by atoms with Gasteiger partial charge in [0, 0.05) is 0 Å². The Morgan fingerprint density at radius 3 is 2.61 bits per heavy atom. The topological polar surface area (TPSA) is 0 Å². The second kappa shape index (κ2) is 8.34. The summed E-state index contributed by atoms with van der Waals surface area (Å²) in [5.41, 5.74) is 4.68. The molecule has 0 N–H and O–H groups in total. The Balaban J connectivity index is 2.21. The molecule has 1 aliphatic carbocycles. The third-order valence-electron chi connectivity index (χ3n) is 3.82. The van der Waals surface area contributed by atoms with Gasteiger partial charge in [-0.1, -0.05) is 41.9 Å². The van der Waals surface area contributed by atoms with Gasteiger partial charge in [-0.2, -0.15) is 0 Å². The molecule has 102 valence electrons. The first kappa shape index (κ1) is 15.3. The largest absolute Gasteiger partial charge is 0.0856 e. The number of allylic oxidation sites excluding steroid dienone is 6. The van der Waals surface area contributed by atoms with Gasteiger partial charge in [-0.05, 0) is 71.6 Å². The van der Waals surface area contributed by atoms with Crippen LogP contribution in [-0.4, -0.2) is 0 Å². The van der Waals surface area contributed by atoms with Gasteiger partial charge in [0.15, 0.2) is 0 Å². The van der Waals surface area contributed by atoms with Crippen molar-refractivity contribution in [1.82, 2.24) is 0 Å². The zero-order valence-corrected chi connectivity index (χ0v) is 12.8. The Bertz CT molecular complexity index is 324. The van der Waals surface area contributed by atoms with Crippen molar-refractivity contribution < 1.29 is 0 Å². The van der Waals surface area contributed by atoms with Crippen LogP contribution in [0.25, 0.3) is 0 Å². The molecule has 0 aromatic heterocycles. The fourth-order valence-electron chi connectivity index (χ4n) is 2.44. The molecule has 1 aliphatic rings. The van der Waals surface area contributed by atoms with Crippen molar-refractivity contribution in [2.45, 2.75) is 72.6 Å². The molecule has 1 atom stereocenters. The van der Waals surface area contributed by atoms with E-state index >= 15 is 0 Å². The van der Waals surface area contributed by atoms with Crippen LogP contribution in [0.4, 0.5) is 0 Å². The van der Waals surface area contributed by atoms with Crippen LogP contribution in [-0.2, 0) is 0 Å². The highest BCUT2D eigenvalue weighted by molar-refractivity contribution is 5.09. The monoisotopic (exact) mass is 246 g/mol. The molecule has 0 saturated heterocycles. The summed E-state index contributed by atoms with van der Waals surface area (Å²) in [7, 11) is 0. The second-order valence-electron chi connectivity index (χ2n) is 6.15. The molecule has 0 radical (unpaired) electrons. The van der Waals surface area contributed by atoms with E-state index in [0.717, 1.165) is 5.92 Å². The minimum atomic E-state index is 0.912. The van der Waals surface area contributed by atoms with E-state index in [9.17, 15) is 0 Å². The molecule has 0 bridgehead atoms. The van der Waals surface area contributed by atoms with E-state index < -0.39 is 0 Å². The molecule has 0 aromatic carbocycles. The first-order valence-electron chi connectivity index (χ1n) is 7.55. The summed E-state index contributed by atoms with van der Waals surface area (Å²) in [6, 6.07) is 0. The number of hydrogen-bond acceptors (Lipinski definition) is 0. The molecular weight excluding hydrogens is 216 g/mol. The Hall–Kier alpha value is -0.780. The van der Waals surface area contributed by atoms with E-state index in [1.165, 1.54) is 50.5 Å². The van der Waals surface area contributed by atoms with Gasteiger partial charge < -0.3 is 0 Å².